The Hall–Kier alpha value is -2.77. The molecule has 2 aliphatic rings. The molecule has 3 unspecified atom stereocenters. The zero-order valence-corrected chi connectivity index (χ0v) is 23.0. The minimum Gasteiger partial charge on any atom is -0.392 e. The van der Waals surface area contributed by atoms with Gasteiger partial charge in [-0.25, -0.2) is 0 Å². The number of β-amino-alcohol motifs (C(OH)–C–C–N with tert-alkyl or cyclic N) is 1. The molecule has 7 heteroatoms. The average molecular weight is 509 g/mol. The van der Waals surface area contributed by atoms with E-state index in [-0.39, 0.29) is 29.5 Å². The molecule has 0 radical (unpaired) electrons. The summed E-state index contributed by atoms with van der Waals surface area (Å²) in [5.74, 6) is 0.0652. The smallest absolute Gasteiger partial charge is 0.247 e. The maximum atomic E-state index is 13.4. The van der Waals surface area contributed by atoms with Gasteiger partial charge in [0.05, 0.1) is 12.1 Å². The van der Waals surface area contributed by atoms with Gasteiger partial charge < -0.3 is 25.4 Å². The molecular formula is C30H44N4O3. The fourth-order valence-corrected chi connectivity index (χ4v) is 5.01. The molecule has 2 aromatic rings. The van der Waals surface area contributed by atoms with Gasteiger partial charge in [-0.2, -0.15) is 0 Å². The number of aryl methyl sites for hydroxylation is 1. The Labute approximate surface area is 222 Å². The van der Waals surface area contributed by atoms with Gasteiger partial charge in [0.15, 0.2) is 0 Å². The number of aldehydes is 1. The molecule has 37 heavy (non-hydrogen) atoms. The first-order valence-electron chi connectivity index (χ1n) is 13.5. The highest BCUT2D eigenvalue weighted by atomic mass is 16.3. The summed E-state index contributed by atoms with van der Waals surface area (Å²) >= 11 is 0. The van der Waals surface area contributed by atoms with E-state index in [4.69, 9.17) is 5.11 Å². The van der Waals surface area contributed by atoms with Crippen LogP contribution in [0.15, 0.2) is 42.7 Å². The lowest BCUT2D eigenvalue weighted by molar-refractivity contribution is -0.123. The van der Waals surface area contributed by atoms with Crippen LogP contribution in [0.3, 0.4) is 0 Å². The molecule has 1 amide bonds. The third kappa shape index (κ3) is 8.11. The number of hydrogen-bond acceptors (Lipinski definition) is 6. The Balaban J connectivity index is 0.000000405. The van der Waals surface area contributed by atoms with E-state index in [9.17, 15) is 9.59 Å². The predicted octanol–water partition coefficient (Wildman–Crippen LogP) is 4.22. The van der Waals surface area contributed by atoms with Crippen molar-refractivity contribution in [3.8, 4) is 0 Å². The molecule has 0 bridgehead atoms. The SMILES string of the molecule is Cc1ccncc1C(C(=O)NC1CCCCC1)N(C)c1ccc(C(C)(C)C)cc1.O=CC1CC(O)CN1. The fraction of sp³-hybridized carbons (Fsp3) is 0.567. The van der Waals surface area contributed by atoms with Crippen LogP contribution in [0.1, 0.15) is 82.0 Å². The molecule has 4 rings (SSSR count). The number of anilines is 1. The van der Waals surface area contributed by atoms with Crippen molar-refractivity contribution in [1.29, 1.82) is 0 Å². The molecule has 1 aromatic carbocycles. The van der Waals surface area contributed by atoms with Crippen molar-refractivity contribution in [1.82, 2.24) is 15.6 Å². The quantitative estimate of drug-likeness (QED) is 0.506. The molecule has 1 aliphatic carbocycles. The number of aliphatic hydroxyl groups is 1. The standard InChI is InChI=1S/C25H35N3O.C5H9NO2/c1-18-15-16-26-17-22(18)23(24(29)27-20-9-7-6-8-10-20)28(5)21-13-11-19(12-14-21)25(2,3)4;7-3-4-1-5(8)2-6-4/h11-17,20,23H,6-10H2,1-5H3,(H,27,29);3-6,8H,1-2H2. The molecule has 2 fully saturated rings. The minimum absolute atomic E-state index is 0.0652. The Morgan fingerprint density at radius 1 is 1.16 bits per heavy atom. The molecule has 1 aliphatic heterocycles. The molecule has 1 aromatic heterocycles. The number of likely N-dealkylation sites (N-methyl/N-ethyl adjacent to an activating group) is 1. The summed E-state index contributed by atoms with van der Waals surface area (Å²) in [6, 6.07) is 10.3. The molecule has 1 saturated heterocycles. The second-order valence-electron chi connectivity index (χ2n) is 11.4. The van der Waals surface area contributed by atoms with Crippen molar-refractivity contribution in [2.45, 2.75) is 95.9 Å². The van der Waals surface area contributed by atoms with Gasteiger partial charge in [-0.1, -0.05) is 52.2 Å². The molecule has 2 heterocycles. The Bertz CT molecular complexity index is 1010. The third-order valence-electron chi connectivity index (χ3n) is 7.41. The lowest BCUT2D eigenvalue weighted by Gasteiger charge is -2.33. The van der Waals surface area contributed by atoms with Gasteiger partial charge in [0.25, 0.3) is 0 Å². The van der Waals surface area contributed by atoms with E-state index in [1.807, 2.05) is 19.3 Å². The van der Waals surface area contributed by atoms with E-state index in [0.29, 0.717) is 13.0 Å². The van der Waals surface area contributed by atoms with E-state index in [2.05, 4.69) is 72.5 Å². The Morgan fingerprint density at radius 2 is 1.84 bits per heavy atom. The number of aliphatic hydroxyl groups excluding tert-OH is 1. The summed E-state index contributed by atoms with van der Waals surface area (Å²) in [4.78, 5) is 29.8. The monoisotopic (exact) mass is 508 g/mol. The Kier molecular flexibility index (Phi) is 10.2. The number of benzene rings is 1. The van der Waals surface area contributed by atoms with Crippen molar-refractivity contribution in [2.24, 2.45) is 0 Å². The predicted molar refractivity (Wildman–Crippen MR) is 149 cm³/mol. The number of hydrogen-bond donors (Lipinski definition) is 3. The highest BCUT2D eigenvalue weighted by molar-refractivity contribution is 5.87. The van der Waals surface area contributed by atoms with Gasteiger partial charge in [-0.3, -0.25) is 9.78 Å². The highest BCUT2D eigenvalue weighted by Gasteiger charge is 2.29. The number of carbonyl (C=O) groups excluding carboxylic acids is 2. The first-order chi connectivity index (χ1) is 17.6. The molecule has 1 saturated carbocycles. The molecule has 3 N–H and O–H groups in total. The third-order valence-corrected chi connectivity index (χ3v) is 7.41. The first kappa shape index (κ1) is 28.8. The van der Waals surface area contributed by atoms with Crippen LogP contribution < -0.4 is 15.5 Å². The molecule has 3 atom stereocenters. The van der Waals surface area contributed by atoms with E-state index in [0.717, 1.165) is 35.9 Å². The summed E-state index contributed by atoms with van der Waals surface area (Å²) in [6.07, 6.45) is 10.5. The molecule has 7 nitrogen and oxygen atoms in total. The maximum absolute atomic E-state index is 13.4. The van der Waals surface area contributed by atoms with Gasteiger partial charge in [-0.05, 0) is 60.9 Å². The van der Waals surface area contributed by atoms with Gasteiger partial charge in [0.1, 0.15) is 12.3 Å². The topological polar surface area (TPSA) is 94.6 Å². The van der Waals surface area contributed by atoms with Crippen molar-refractivity contribution in [3.05, 3.63) is 59.4 Å². The van der Waals surface area contributed by atoms with Crippen LogP contribution in [-0.4, -0.2) is 54.1 Å². The van der Waals surface area contributed by atoms with Crippen molar-refractivity contribution < 1.29 is 14.7 Å². The minimum atomic E-state index is -0.397. The normalized spacial score (nSPS) is 20.9. The second kappa shape index (κ2) is 13.2. The van der Waals surface area contributed by atoms with Crippen LogP contribution in [0.2, 0.25) is 0 Å². The summed E-state index contributed by atoms with van der Waals surface area (Å²) in [5.41, 5.74) is 4.47. The number of carbonyl (C=O) groups is 2. The van der Waals surface area contributed by atoms with Gasteiger partial charge >= 0.3 is 0 Å². The van der Waals surface area contributed by atoms with Crippen LogP contribution in [0.5, 0.6) is 0 Å². The van der Waals surface area contributed by atoms with E-state index < -0.39 is 6.04 Å². The van der Waals surface area contributed by atoms with Crippen molar-refractivity contribution in [2.75, 3.05) is 18.5 Å². The first-order valence-corrected chi connectivity index (χ1v) is 13.5. The van der Waals surface area contributed by atoms with Crippen molar-refractivity contribution >= 4 is 17.9 Å². The van der Waals surface area contributed by atoms with Gasteiger partial charge in [0, 0.05) is 43.3 Å². The van der Waals surface area contributed by atoms with Crippen molar-refractivity contribution in [3.63, 3.8) is 0 Å². The van der Waals surface area contributed by atoms with Crippen LogP contribution >= 0.6 is 0 Å². The fourth-order valence-electron chi connectivity index (χ4n) is 5.01. The van der Waals surface area contributed by atoms with Gasteiger partial charge in [0.2, 0.25) is 5.91 Å². The van der Waals surface area contributed by atoms with E-state index >= 15 is 0 Å². The molecular weight excluding hydrogens is 464 g/mol. The summed E-state index contributed by atoms with van der Waals surface area (Å²) < 4.78 is 0. The lowest BCUT2D eigenvalue weighted by Crippen LogP contribution is -2.44. The zero-order valence-electron chi connectivity index (χ0n) is 23.0. The highest BCUT2D eigenvalue weighted by Crippen LogP contribution is 2.31. The Morgan fingerprint density at radius 3 is 2.35 bits per heavy atom. The number of pyridine rings is 1. The largest absolute Gasteiger partial charge is 0.392 e. The van der Waals surface area contributed by atoms with Crippen LogP contribution in [-0.2, 0) is 15.0 Å². The summed E-state index contributed by atoms with van der Waals surface area (Å²) in [5, 5.41) is 15.0. The number of nitrogens with zero attached hydrogens (tertiary/aromatic N) is 2. The zero-order chi connectivity index (χ0) is 27.0. The number of aromatic nitrogens is 1. The van der Waals surface area contributed by atoms with E-state index in [1.165, 1.54) is 24.8 Å². The number of amides is 1. The molecule has 202 valence electrons. The van der Waals surface area contributed by atoms with Crippen LogP contribution in [0.25, 0.3) is 0 Å². The maximum Gasteiger partial charge on any atom is 0.247 e. The second-order valence-corrected chi connectivity index (χ2v) is 11.4. The number of nitrogens with one attached hydrogen (secondary N) is 2. The lowest BCUT2D eigenvalue weighted by atomic mass is 9.87. The number of rotatable bonds is 6. The van der Waals surface area contributed by atoms with Gasteiger partial charge in [-0.15, -0.1) is 0 Å². The average Bonchev–Trinajstić information content (AvgIpc) is 3.31. The summed E-state index contributed by atoms with van der Waals surface area (Å²) in [7, 11) is 2.00. The van der Waals surface area contributed by atoms with Crippen LogP contribution in [0.4, 0.5) is 5.69 Å². The van der Waals surface area contributed by atoms with Crippen LogP contribution in [0, 0.1) is 6.92 Å². The molecule has 0 spiro atoms. The van der Waals surface area contributed by atoms with E-state index in [1.54, 1.807) is 6.20 Å². The summed E-state index contributed by atoms with van der Waals surface area (Å²) in [6.45, 7) is 9.25.